The topological polar surface area (TPSA) is 49.9 Å². The van der Waals surface area contributed by atoms with Gasteiger partial charge in [-0.05, 0) is 41.8 Å². The first-order chi connectivity index (χ1) is 8.08. The van der Waals surface area contributed by atoms with Crippen molar-refractivity contribution in [2.24, 2.45) is 5.73 Å². The molecule has 0 heterocycles. The number of hydrogen-bond donors (Lipinski definition) is 2. The Balaban J connectivity index is 2.54. The molecule has 0 saturated carbocycles. The number of hydrogen-bond acceptors (Lipinski definition) is 1. The molecule has 0 atom stereocenters. The zero-order valence-electron chi connectivity index (χ0n) is 9.20. The van der Waals surface area contributed by atoms with E-state index in [9.17, 15) is 0 Å². The number of nitrogens with two attached hydrogens (primary N) is 1. The van der Waals surface area contributed by atoms with E-state index >= 15 is 0 Å². The number of halogens is 1. The minimum Gasteiger partial charge on any atom is -0.384 e. The molecule has 2 aromatic carbocycles. The summed E-state index contributed by atoms with van der Waals surface area (Å²) < 4.78 is 0. The van der Waals surface area contributed by atoms with Gasteiger partial charge in [-0.3, -0.25) is 5.41 Å². The standard InChI is InChI=1S/C14H12ClN2/c1-9-2-3-11(14(16)17)8-13(9)10-4-6-12(15)7-5-10/h2-8H,1H2,(H3,16,17). The second kappa shape index (κ2) is 4.60. The maximum absolute atomic E-state index is 7.44. The van der Waals surface area contributed by atoms with Crippen LogP contribution in [0.1, 0.15) is 11.1 Å². The second-order valence-corrected chi connectivity index (χ2v) is 4.23. The summed E-state index contributed by atoms with van der Waals surface area (Å²) in [5, 5.41) is 8.13. The van der Waals surface area contributed by atoms with Crippen molar-refractivity contribution in [2.45, 2.75) is 0 Å². The average molecular weight is 244 g/mol. The molecule has 3 N–H and O–H groups in total. The number of nitrogens with one attached hydrogen (secondary N) is 1. The highest BCUT2D eigenvalue weighted by molar-refractivity contribution is 6.30. The van der Waals surface area contributed by atoms with Crippen LogP contribution in [-0.2, 0) is 0 Å². The molecular formula is C14H12ClN2. The van der Waals surface area contributed by atoms with Gasteiger partial charge in [-0.15, -0.1) is 0 Å². The van der Waals surface area contributed by atoms with E-state index in [4.69, 9.17) is 22.7 Å². The predicted molar refractivity (Wildman–Crippen MR) is 72.4 cm³/mol. The molecule has 0 saturated heterocycles. The van der Waals surface area contributed by atoms with E-state index in [-0.39, 0.29) is 5.84 Å². The average Bonchev–Trinajstić information content (AvgIpc) is 2.31. The molecule has 17 heavy (non-hydrogen) atoms. The Morgan fingerprint density at radius 2 is 1.76 bits per heavy atom. The lowest BCUT2D eigenvalue weighted by Gasteiger charge is -2.08. The van der Waals surface area contributed by atoms with E-state index in [2.05, 4.69) is 6.92 Å². The number of rotatable bonds is 2. The summed E-state index contributed by atoms with van der Waals surface area (Å²) in [4.78, 5) is 0. The summed E-state index contributed by atoms with van der Waals surface area (Å²) in [7, 11) is 0. The third-order valence-corrected chi connectivity index (χ3v) is 2.83. The van der Waals surface area contributed by atoms with Crippen LogP contribution < -0.4 is 5.73 Å². The van der Waals surface area contributed by atoms with Crippen molar-refractivity contribution in [3.63, 3.8) is 0 Å². The molecule has 0 aromatic heterocycles. The lowest BCUT2D eigenvalue weighted by atomic mass is 9.98. The quantitative estimate of drug-likeness (QED) is 0.616. The molecule has 2 rings (SSSR count). The number of amidine groups is 1. The molecular weight excluding hydrogens is 232 g/mol. The Bertz CT molecular complexity index is 559. The van der Waals surface area contributed by atoms with Gasteiger partial charge in [0.1, 0.15) is 5.84 Å². The van der Waals surface area contributed by atoms with Crippen LogP contribution in [0.2, 0.25) is 5.02 Å². The van der Waals surface area contributed by atoms with Gasteiger partial charge in [-0.1, -0.05) is 35.9 Å². The highest BCUT2D eigenvalue weighted by atomic mass is 35.5. The molecule has 0 aliphatic carbocycles. The largest absolute Gasteiger partial charge is 0.384 e. The molecule has 85 valence electrons. The minimum absolute atomic E-state index is 0.0558. The Morgan fingerprint density at radius 1 is 1.12 bits per heavy atom. The summed E-state index contributed by atoms with van der Waals surface area (Å²) in [6, 6.07) is 13.0. The van der Waals surface area contributed by atoms with Gasteiger partial charge in [0, 0.05) is 10.6 Å². The summed E-state index contributed by atoms with van der Waals surface area (Å²) in [5.41, 5.74) is 9.06. The first-order valence-electron chi connectivity index (χ1n) is 5.14. The third-order valence-electron chi connectivity index (χ3n) is 2.58. The maximum atomic E-state index is 7.44. The number of nitrogen functional groups attached to an aromatic ring is 1. The summed E-state index contributed by atoms with van der Waals surface area (Å²) >= 11 is 5.85. The highest BCUT2D eigenvalue weighted by Gasteiger charge is 2.05. The first-order valence-corrected chi connectivity index (χ1v) is 5.52. The zero-order valence-corrected chi connectivity index (χ0v) is 9.96. The highest BCUT2D eigenvalue weighted by Crippen LogP contribution is 2.25. The van der Waals surface area contributed by atoms with Gasteiger partial charge in [-0.25, -0.2) is 0 Å². The van der Waals surface area contributed by atoms with Gasteiger partial charge in [-0.2, -0.15) is 0 Å². The fraction of sp³-hybridized carbons (Fsp3) is 0. The zero-order chi connectivity index (χ0) is 12.4. The number of benzene rings is 2. The van der Waals surface area contributed by atoms with Crippen molar-refractivity contribution in [3.05, 3.63) is 65.5 Å². The lowest BCUT2D eigenvalue weighted by molar-refractivity contribution is 1.42. The fourth-order valence-corrected chi connectivity index (χ4v) is 1.77. The Hall–Kier alpha value is -1.80. The maximum Gasteiger partial charge on any atom is 0.122 e. The van der Waals surface area contributed by atoms with Crippen LogP contribution in [-0.4, -0.2) is 5.84 Å². The van der Waals surface area contributed by atoms with Gasteiger partial charge in [0.05, 0.1) is 0 Å². The van der Waals surface area contributed by atoms with Gasteiger partial charge in [0.15, 0.2) is 0 Å². The summed E-state index contributed by atoms with van der Waals surface area (Å²) in [6.07, 6.45) is 0. The van der Waals surface area contributed by atoms with Crippen LogP contribution in [0.3, 0.4) is 0 Å². The SMILES string of the molecule is [CH2]c1ccc(C(=N)N)cc1-c1ccc(Cl)cc1. The molecule has 0 unspecified atom stereocenters. The molecule has 2 aromatic rings. The summed E-state index contributed by atoms with van der Waals surface area (Å²) in [5.74, 6) is 0.0558. The molecule has 1 radical (unpaired) electrons. The predicted octanol–water partition coefficient (Wildman–Crippen LogP) is 3.47. The van der Waals surface area contributed by atoms with E-state index in [0.29, 0.717) is 10.6 Å². The molecule has 0 amide bonds. The van der Waals surface area contributed by atoms with Crippen LogP contribution in [0, 0.1) is 12.3 Å². The lowest BCUT2D eigenvalue weighted by Crippen LogP contribution is -2.11. The molecule has 0 aliphatic rings. The van der Waals surface area contributed by atoms with Crippen molar-refractivity contribution < 1.29 is 0 Å². The molecule has 0 fully saturated rings. The molecule has 0 spiro atoms. The Labute approximate surface area is 106 Å². The smallest absolute Gasteiger partial charge is 0.122 e. The molecule has 3 heteroatoms. The monoisotopic (exact) mass is 243 g/mol. The first kappa shape index (κ1) is 11.7. The third kappa shape index (κ3) is 2.48. The van der Waals surface area contributed by atoms with Crippen LogP contribution in [0.4, 0.5) is 0 Å². The molecule has 0 bridgehead atoms. The van der Waals surface area contributed by atoms with E-state index in [0.717, 1.165) is 16.7 Å². The van der Waals surface area contributed by atoms with Crippen molar-refractivity contribution in [2.75, 3.05) is 0 Å². The van der Waals surface area contributed by atoms with Crippen LogP contribution in [0.15, 0.2) is 42.5 Å². The Morgan fingerprint density at radius 3 is 2.35 bits per heavy atom. The van der Waals surface area contributed by atoms with Gasteiger partial charge in [0.2, 0.25) is 0 Å². The van der Waals surface area contributed by atoms with Crippen molar-refractivity contribution >= 4 is 17.4 Å². The van der Waals surface area contributed by atoms with E-state index in [1.165, 1.54) is 0 Å². The van der Waals surface area contributed by atoms with E-state index < -0.39 is 0 Å². The van der Waals surface area contributed by atoms with Gasteiger partial charge >= 0.3 is 0 Å². The van der Waals surface area contributed by atoms with Crippen LogP contribution >= 0.6 is 11.6 Å². The van der Waals surface area contributed by atoms with Crippen LogP contribution in [0.5, 0.6) is 0 Å². The Kier molecular flexibility index (Phi) is 3.16. The van der Waals surface area contributed by atoms with Crippen LogP contribution in [0.25, 0.3) is 11.1 Å². The second-order valence-electron chi connectivity index (χ2n) is 3.79. The summed E-state index contributed by atoms with van der Waals surface area (Å²) in [6.45, 7) is 3.98. The van der Waals surface area contributed by atoms with Crippen molar-refractivity contribution in [3.8, 4) is 11.1 Å². The van der Waals surface area contributed by atoms with E-state index in [1.54, 1.807) is 6.07 Å². The fourth-order valence-electron chi connectivity index (χ4n) is 1.64. The van der Waals surface area contributed by atoms with Crippen molar-refractivity contribution in [1.82, 2.24) is 0 Å². The molecule has 2 nitrogen and oxygen atoms in total. The van der Waals surface area contributed by atoms with Gasteiger partial charge < -0.3 is 5.73 Å². The van der Waals surface area contributed by atoms with E-state index in [1.807, 2.05) is 36.4 Å². The van der Waals surface area contributed by atoms with Gasteiger partial charge in [0.25, 0.3) is 0 Å². The van der Waals surface area contributed by atoms with Crippen molar-refractivity contribution in [1.29, 1.82) is 5.41 Å². The normalized spacial score (nSPS) is 10.2. The molecule has 0 aliphatic heterocycles. The minimum atomic E-state index is 0.0558.